The van der Waals surface area contributed by atoms with Crippen molar-refractivity contribution < 1.29 is 8.85 Å². The molecule has 0 aliphatic carbocycles. The van der Waals surface area contributed by atoms with E-state index in [1.807, 2.05) is 24.3 Å². The van der Waals surface area contributed by atoms with Gasteiger partial charge in [-0.1, -0.05) is 121 Å². The molecule has 0 amide bonds. The predicted molar refractivity (Wildman–Crippen MR) is 130 cm³/mol. The van der Waals surface area contributed by atoms with E-state index >= 15 is 0 Å². The van der Waals surface area contributed by atoms with E-state index < -0.39 is 8.56 Å². The van der Waals surface area contributed by atoms with Crippen molar-refractivity contribution in [1.82, 2.24) is 0 Å². The molecule has 2 nitrogen and oxygen atoms in total. The van der Waals surface area contributed by atoms with E-state index in [1.54, 1.807) is 0 Å². The van der Waals surface area contributed by atoms with Crippen molar-refractivity contribution in [3.63, 3.8) is 0 Å². The molecule has 0 aliphatic rings. The quantitative estimate of drug-likeness (QED) is 0.349. The van der Waals surface area contributed by atoms with Gasteiger partial charge in [-0.15, -0.1) is 0 Å². The molecule has 4 rings (SSSR count). The van der Waals surface area contributed by atoms with Crippen LogP contribution >= 0.6 is 0 Å². The maximum absolute atomic E-state index is 7.21. The highest BCUT2D eigenvalue weighted by Crippen LogP contribution is 2.30. The second-order valence-electron chi connectivity index (χ2n) is 7.83. The minimum atomic E-state index is -3.04. The normalized spacial score (nSPS) is 11.7. The third kappa shape index (κ3) is 4.85. The van der Waals surface area contributed by atoms with Gasteiger partial charge in [0.1, 0.15) is 0 Å². The molecule has 0 unspecified atom stereocenters. The van der Waals surface area contributed by atoms with Gasteiger partial charge in [0.25, 0.3) is 0 Å². The zero-order valence-electron chi connectivity index (χ0n) is 18.0. The minimum Gasteiger partial charge on any atom is -0.385 e. The highest BCUT2D eigenvalue weighted by molar-refractivity contribution is 6.92. The van der Waals surface area contributed by atoms with Crippen molar-refractivity contribution in [3.8, 4) is 0 Å². The lowest BCUT2D eigenvalue weighted by Crippen LogP contribution is -2.64. The average Bonchev–Trinajstić information content (AvgIpc) is 2.84. The number of hydrogen-bond donors (Lipinski definition) is 0. The molecular weight excluding hydrogens is 396 g/mol. The second-order valence-corrected chi connectivity index (χ2v) is 10.7. The Bertz CT molecular complexity index is 972. The van der Waals surface area contributed by atoms with Crippen LogP contribution in [0.5, 0.6) is 0 Å². The van der Waals surface area contributed by atoms with Crippen LogP contribution in [0.4, 0.5) is 0 Å². The van der Waals surface area contributed by atoms with E-state index in [0.717, 1.165) is 21.5 Å². The van der Waals surface area contributed by atoms with E-state index in [0.29, 0.717) is 0 Å². The van der Waals surface area contributed by atoms with Gasteiger partial charge in [-0.05, 0) is 35.3 Å². The van der Waals surface area contributed by atoms with Gasteiger partial charge in [-0.25, -0.2) is 0 Å². The van der Waals surface area contributed by atoms with E-state index in [-0.39, 0.29) is 12.2 Å². The van der Waals surface area contributed by atoms with Crippen molar-refractivity contribution in [3.05, 3.63) is 132 Å². The van der Waals surface area contributed by atoms with E-state index in [4.69, 9.17) is 8.85 Å². The van der Waals surface area contributed by atoms with E-state index in [1.165, 1.54) is 0 Å². The first-order valence-electron chi connectivity index (χ1n) is 10.8. The van der Waals surface area contributed by atoms with Crippen molar-refractivity contribution in [2.24, 2.45) is 0 Å². The first-order valence-corrected chi connectivity index (χ1v) is 12.6. The smallest absolute Gasteiger partial charge is 0.385 e. The highest BCUT2D eigenvalue weighted by atomic mass is 28.4. The SMILES string of the molecule is CC(C)O[Si](OC(c1ccccc1)c1ccccc1)(c1ccccc1)c1ccccc1. The van der Waals surface area contributed by atoms with Gasteiger partial charge in [0.2, 0.25) is 0 Å². The Labute approximate surface area is 186 Å². The maximum Gasteiger partial charge on any atom is 0.408 e. The fourth-order valence-electron chi connectivity index (χ4n) is 3.86. The third-order valence-corrected chi connectivity index (χ3v) is 8.76. The predicted octanol–water partition coefficient (Wildman–Crippen LogP) is 5.47. The summed E-state index contributed by atoms with van der Waals surface area (Å²) in [6.45, 7) is 4.16. The fraction of sp³-hybridized carbons (Fsp3) is 0.143. The Hall–Kier alpha value is -2.98. The van der Waals surface area contributed by atoms with Gasteiger partial charge in [-0.2, -0.15) is 0 Å². The van der Waals surface area contributed by atoms with Crippen LogP contribution in [-0.4, -0.2) is 14.7 Å². The second kappa shape index (κ2) is 9.88. The summed E-state index contributed by atoms with van der Waals surface area (Å²) in [6.07, 6.45) is -0.229. The molecule has 0 aliphatic heterocycles. The van der Waals surface area contributed by atoms with Crippen molar-refractivity contribution in [1.29, 1.82) is 0 Å². The molecule has 4 aromatic carbocycles. The summed E-state index contributed by atoms with van der Waals surface area (Å²) in [5, 5.41) is 2.21. The minimum absolute atomic E-state index is 0.0132. The van der Waals surface area contributed by atoms with Gasteiger partial charge < -0.3 is 8.85 Å². The van der Waals surface area contributed by atoms with Crippen molar-refractivity contribution in [2.45, 2.75) is 26.1 Å². The summed E-state index contributed by atoms with van der Waals surface area (Å²) < 4.78 is 14.0. The summed E-state index contributed by atoms with van der Waals surface area (Å²) in [4.78, 5) is 0. The van der Waals surface area contributed by atoms with Crippen LogP contribution in [0.15, 0.2) is 121 Å². The first kappa shape index (κ1) is 21.3. The molecule has 4 aromatic rings. The van der Waals surface area contributed by atoms with Crippen molar-refractivity contribution in [2.75, 3.05) is 0 Å². The Kier molecular flexibility index (Phi) is 6.78. The monoisotopic (exact) mass is 424 g/mol. The first-order chi connectivity index (χ1) is 15.2. The Morgan fingerprint density at radius 1 is 0.484 bits per heavy atom. The Balaban J connectivity index is 1.91. The number of hydrogen-bond acceptors (Lipinski definition) is 2. The summed E-state index contributed by atoms with van der Waals surface area (Å²) >= 11 is 0. The summed E-state index contributed by atoms with van der Waals surface area (Å²) in [5.41, 5.74) is 2.23. The summed E-state index contributed by atoms with van der Waals surface area (Å²) in [7, 11) is -3.04. The van der Waals surface area contributed by atoms with Gasteiger partial charge in [0.15, 0.2) is 0 Å². The topological polar surface area (TPSA) is 18.5 Å². The molecule has 0 fully saturated rings. The lowest BCUT2D eigenvalue weighted by molar-refractivity contribution is 0.126. The molecule has 0 spiro atoms. The summed E-state index contributed by atoms with van der Waals surface area (Å²) in [5.74, 6) is 0. The molecule has 31 heavy (non-hydrogen) atoms. The van der Waals surface area contributed by atoms with E-state index in [2.05, 4.69) is 111 Å². The molecule has 0 radical (unpaired) electrons. The number of rotatable bonds is 8. The molecular formula is C28H28O2Si. The van der Waals surface area contributed by atoms with Crippen LogP contribution in [0, 0.1) is 0 Å². The van der Waals surface area contributed by atoms with Gasteiger partial charge >= 0.3 is 8.56 Å². The molecule has 156 valence electrons. The zero-order valence-corrected chi connectivity index (χ0v) is 19.0. The third-order valence-electron chi connectivity index (χ3n) is 5.20. The molecule has 0 aromatic heterocycles. The molecule has 3 heteroatoms. The van der Waals surface area contributed by atoms with Crippen LogP contribution in [0.25, 0.3) is 0 Å². The van der Waals surface area contributed by atoms with Crippen LogP contribution in [0.2, 0.25) is 0 Å². The van der Waals surface area contributed by atoms with Gasteiger partial charge in [0, 0.05) is 6.10 Å². The molecule has 0 saturated heterocycles. The molecule has 0 atom stereocenters. The Morgan fingerprint density at radius 3 is 1.19 bits per heavy atom. The average molecular weight is 425 g/mol. The molecule has 0 N–H and O–H groups in total. The molecule has 0 bridgehead atoms. The van der Waals surface area contributed by atoms with E-state index in [9.17, 15) is 0 Å². The fourth-order valence-corrected chi connectivity index (χ4v) is 7.33. The zero-order chi connectivity index (χ0) is 21.5. The lowest BCUT2D eigenvalue weighted by atomic mass is 10.0. The molecule has 0 saturated carbocycles. The van der Waals surface area contributed by atoms with Crippen LogP contribution in [-0.2, 0) is 8.85 Å². The van der Waals surface area contributed by atoms with Crippen LogP contribution in [0.3, 0.4) is 0 Å². The largest absolute Gasteiger partial charge is 0.408 e. The van der Waals surface area contributed by atoms with Crippen LogP contribution in [0.1, 0.15) is 31.1 Å². The Morgan fingerprint density at radius 2 is 0.839 bits per heavy atom. The maximum atomic E-state index is 7.21. The van der Waals surface area contributed by atoms with Crippen LogP contribution < -0.4 is 10.4 Å². The lowest BCUT2D eigenvalue weighted by Gasteiger charge is -2.37. The summed E-state index contributed by atoms with van der Waals surface area (Å²) in [6, 6.07) is 41.7. The van der Waals surface area contributed by atoms with Gasteiger partial charge in [-0.3, -0.25) is 0 Å². The van der Waals surface area contributed by atoms with Gasteiger partial charge in [0.05, 0.1) is 6.10 Å². The molecule has 0 heterocycles. The highest BCUT2D eigenvalue weighted by Gasteiger charge is 2.46. The number of benzene rings is 4. The van der Waals surface area contributed by atoms with Crippen molar-refractivity contribution >= 4 is 18.9 Å². The standard InChI is InChI=1S/C28H28O2Si/c1-23(2)29-31(26-19-11-5-12-20-26,27-21-13-6-14-22-27)30-28(24-15-7-3-8-16-24)25-17-9-4-10-18-25/h3-23,28H,1-2H3.